The molecule has 0 heteroatoms. The molecule has 0 spiro atoms. The van der Waals surface area contributed by atoms with Crippen molar-refractivity contribution in [1.29, 1.82) is 0 Å². The monoisotopic (exact) mass is 280 g/mol. The molecule has 0 aromatic heterocycles. The molecule has 0 bridgehead atoms. The van der Waals surface area contributed by atoms with E-state index < -0.39 is 0 Å². The molecular formula is C20H40. The molecular weight excluding hydrogens is 240 g/mol. The second kappa shape index (κ2) is 10.5. The van der Waals surface area contributed by atoms with Gasteiger partial charge < -0.3 is 0 Å². The van der Waals surface area contributed by atoms with Crippen LogP contribution in [0.4, 0.5) is 0 Å². The van der Waals surface area contributed by atoms with Gasteiger partial charge in [-0.25, -0.2) is 0 Å². The van der Waals surface area contributed by atoms with Gasteiger partial charge in [0.15, 0.2) is 0 Å². The Morgan fingerprint density at radius 2 is 0.850 bits per heavy atom. The van der Waals surface area contributed by atoms with Crippen LogP contribution < -0.4 is 0 Å². The summed E-state index contributed by atoms with van der Waals surface area (Å²) in [7, 11) is 0. The second-order valence-corrected chi connectivity index (χ2v) is 8.79. The smallest absolute Gasteiger partial charge is 0.0351 e. The van der Waals surface area contributed by atoms with E-state index in [-0.39, 0.29) is 0 Å². The lowest BCUT2D eigenvalue weighted by Gasteiger charge is -2.17. The van der Waals surface area contributed by atoms with Crippen LogP contribution in [0.1, 0.15) is 106 Å². The van der Waals surface area contributed by atoms with Crippen LogP contribution in [-0.2, 0) is 0 Å². The van der Waals surface area contributed by atoms with E-state index in [0.29, 0.717) is 10.8 Å². The quantitative estimate of drug-likeness (QED) is 0.286. The van der Waals surface area contributed by atoms with Crippen molar-refractivity contribution >= 4 is 0 Å². The Morgan fingerprint density at radius 1 is 0.500 bits per heavy atom. The third-order valence-corrected chi connectivity index (χ3v) is 3.76. The van der Waals surface area contributed by atoms with Gasteiger partial charge in [0, 0.05) is 0 Å². The molecule has 120 valence electrons. The van der Waals surface area contributed by atoms with Gasteiger partial charge in [-0.15, -0.1) is 0 Å². The van der Waals surface area contributed by atoms with E-state index in [2.05, 4.69) is 53.7 Å². The van der Waals surface area contributed by atoms with Crippen LogP contribution in [0.2, 0.25) is 0 Å². The van der Waals surface area contributed by atoms with Crippen LogP contribution >= 0.6 is 0 Å². The Morgan fingerprint density at radius 3 is 1.30 bits per heavy atom. The Balaban J connectivity index is 3.25. The second-order valence-electron chi connectivity index (χ2n) is 8.79. The molecule has 0 aromatic rings. The van der Waals surface area contributed by atoms with Crippen molar-refractivity contribution in [3.63, 3.8) is 0 Å². The topological polar surface area (TPSA) is 0 Å². The maximum atomic E-state index is 2.40. The van der Waals surface area contributed by atoms with Crippen LogP contribution in [0, 0.1) is 10.8 Å². The van der Waals surface area contributed by atoms with Crippen LogP contribution in [0.25, 0.3) is 0 Å². The molecule has 20 heavy (non-hydrogen) atoms. The van der Waals surface area contributed by atoms with Crippen LogP contribution in [-0.4, -0.2) is 0 Å². The van der Waals surface area contributed by atoms with Crippen LogP contribution in [0.5, 0.6) is 0 Å². The predicted molar refractivity (Wildman–Crippen MR) is 94.2 cm³/mol. The summed E-state index contributed by atoms with van der Waals surface area (Å²) in [5.74, 6) is 0. The van der Waals surface area contributed by atoms with Gasteiger partial charge in [0.2, 0.25) is 0 Å². The molecule has 0 unspecified atom stereocenters. The highest BCUT2D eigenvalue weighted by atomic mass is 14.1. The third kappa shape index (κ3) is 17.7. The average molecular weight is 281 g/mol. The minimum Gasteiger partial charge on any atom is -0.0885 e. The predicted octanol–water partition coefficient (Wildman–Crippen LogP) is 7.54. The molecule has 0 saturated carbocycles. The molecule has 0 rings (SSSR count). The van der Waals surface area contributed by atoms with Crippen LogP contribution in [0.3, 0.4) is 0 Å². The standard InChI is InChI=1S/C20H40/c1-19(2,3)17-15-13-11-9-7-8-10-12-14-16-18-20(4,5)6/h7,9H,8,10-18H2,1-6H3. The van der Waals surface area contributed by atoms with Gasteiger partial charge in [-0.05, 0) is 49.4 Å². The molecule has 0 aromatic carbocycles. The summed E-state index contributed by atoms with van der Waals surface area (Å²) < 4.78 is 0. The summed E-state index contributed by atoms with van der Waals surface area (Å²) in [6, 6.07) is 0. The lowest BCUT2D eigenvalue weighted by Crippen LogP contribution is -2.03. The molecule has 0 aliphatic carbocycles. The Labute approximate surface area is 129 Å². The molecule has 0 saturated heterocycles. The molecule has 0 aliphatic heterocycles. The normalized spacial score (nSPS) is 13.3. The Bertz CT molecular complexity index is 234. The highest BCUT2D eigenvalue weighted by molar-refractivity contribution is 4.81. The van der Waals surface area contributed by atoms with E-state index in [0.717, 1.165) is 0 Å². The summed E-state index contributed by atoms with van der Waals surface area (Å²) in [5.41, 5.74) is 1.03. The van der Waals surface area contributed by atoms with Crippen molar-refractivity contribution in [2.75, 3.05) is 0 Å². The van der Waals surface area contributed by atoms with Gasteiger partial charge >= 0.3 is 0 Å². The minimum atomic E-state index is 0.511. The zero-order chi connectivity index (χ0) is 15.5. The first kappa shape index (κ1) is 19.7. The summed E-state index contributed by atoms with van der Waals surface area (Å²) in [4.78, 5) is 0. The number of hydrogen-bond acceptors (Lipinski definition) is 0. The molecule has 0 fully saturated rings. The van der Waals surface area contributed by atoms with E-state index in [1.807, 2.05) is 0 Å². The number of rotatable bonds is 10. The first-order valence-corrected chi connectivity index (χ1v) is 8.86. The Hall–Kier alpha value is -0.260. The molecule has 0 nitrogen and oxygen atoms in total. The SMILES string of the molecule is CC(C)(C)CCCCC=CCCCCCCC(C)(C)C. The number of hydrogen-bond donors (Lipinski definition) is 0. The fourth-order valence-corrected chi connectivity index (χ4v) is 2.42. The summed E-state index contributed by atoms with van der Waals surface area (Å²) in [6.07, 6.45) is 18.4. The van der Waals surface area contributed by atoms with E-state index in [1.165, 1.54) is 64.2 Å². The van der Waals surface area contributed by atoms with Gasteiger partial charge in [0.05, 0.1) is 0 Å². The van der Waals surface area contributed by atoms with E-state index in [1.54, 1.807) is 0 Å². The van der Waals surface area contributed by atoms with E-state index >= 15 is 0 Å². The molecule has 0 atom stereocenters. The zero-order valence-corrected chi connectivity index (χ0v) is 15.2. The van der Waals surface area contributed by atoms with Gasteiger partial charge in [-0.3, -0.25) is 0 Å². The molecule has 0 N–H and O–H groups in total. The van der Waals surface area contributed by atoms with Crippen molar-refractivity contribution in [2.45, 2.75) is 106 Å². The van der Waals surface area contributed by atoms with Crippen molar-refractivity contribution in [1.82, 2.24) is 0 Å². The Kier molecular flexibility index (Phi) is 10.3. The minimum absolute atomic E-state index is 0.511. The highest BCUT2D eigenvalue weighted by Gasteiger charge is 2.09. The van der Waals surface area contributed by atoms with Crippen molar-refractivity contribution in [2.24, 2.45) is 10.8 Å². The lowest BCUT2D eigenvalue weighted by molar-refractivity contribution is 0.357. The first-order chi connectivity index (χ1) is 9.21. The number of unbranched alkanes of at least 4 members (excludes halogenated alkanes) is 6. The molecule has 0 amide bonds. The van der Waals surface area contributed by atoms with Gasteiger partial charge in [0.1, 0.15) is 0 Å². The van der Waals surface area contributed by atoms with Crippen molar-refractivity contribution in [3.8, 4) is 0 Å². The van der Waals surface area contributed by atoms with Crippen molar-refractivity contribution in [3.05, 3.63) is 12.2 Å². The summed E-state index contributed by atoms with van der Waals surface area (Å²) in [5, 5.41) is 0. The largest absolute Gasteiger partial charge is 0.0885 e. The maximum absolute atomic E-state index is 2.40. The number of allylic oxidation sites excluding steroid dienone is 2. The summed E-state index contributed by atoms with van der Waals surface area (Å²) >= 11 is 0. The van der Waals surface area contributed by atoms with Gasteiger partial charge in [-0.1, -0.05) is 79.4 Å². The van der Waals surface area contributed by atoms with E-state index in [4.69, 9.17) is 0 Å². The molecule has 0 heterocycles. The van der Waals surface area contributed by atoms with Crippen molar-refractivity contribution < 1.29 is 0 Å². The maximum Gasteiger partial charge on any atom is -0.0351 e. The van der Waals surface area contributed by atoms with Crippen LogP contribution in [0.15, 0.2) is 12.2 Å². The molecule has 0 radical (unpaired) electrons. The lowest BCUT2D eigenvalue weighted by atomic mass is 9.89. The van der Waals surface area contributed by atoms with Gasteiger partial charge in [-0.2, -0.15) is 0 Å². The zero-order valence-electron chi connectivity index (χ0n) is 15.2. The highest BCUT2D eigenvalue weighted by Crippen LogP contribution is 2.23. The van der Waals surface area contributed by atoms with E-state index in [9.17, 15) is 0 Å². The fraction of sp³-hybridized carbons (Fsp3) is 0.900. The fourth-order valence-electron chi connectivity index (χ4n) is 2.42. The summed E-state index contributed by atoms with van der Waals surface area (Å²) in [6.45, 7) is 14.0. The van der Waals surface area contributed by atoms with Gasteiger partial charge in [0.25, 0.3) is 0 Å². The molecule has 0 aliphatic rings. The average Bonchev–Trinajstić information content (AvgIpc) is 2.27. The first-order valence-electron chi connectivity index (χ1n) is 8.86. The third-order valence-electron chi connectivity index (χ3n) is 3.76.